The molecule has 0 amide bonds. The Balaban J connectivity index is 1.69. The average molecular weight is 324 g/mol. The number of nitrogens with two attached hydrogens (primary N) is 1. The van der Waals surface area contributed by atoms with Crippen molar-refractivity contribution in [1.29, 1.82) is 0 Å². The Bertz CT molecular complexity index is 811. The number of hydrogen-bond donors (Lipinski definition) is 3. The van der Waals surface area contributed by atoms with Crippen molar-refractivity contribution >= 4 is 28.5 Å². The van der Waals surface area contributed by atoms with Gasteiger partial charge in [-0.05, 0) is 28.3 Å². The number of hydrogen-bond acceptors (Lipinski definition) is 6. The van der Waals surface area contributed by atoms with Crippen LogP contribution in [-0.4, -0.2) is 16.3 Å². The fourth-order valence-electron chi connectivity index (χ4n) is 2.11. The van der Waals surface area contributed by atoms with Crippen molar-refractivity contribution in [3.05, 3.63) is 65.0 Å². The van der Waals surface area contributed by atoms with Crippen LogP contribution in [0.3, 0.4) is 0 Å². The standard InChI is InChI=1S/C17H16N4OS/c18-16-11-23-17(20-16)21-19-9-12-4-6-14(7-5-12)15-3-1-2-13(8-15)10-22/h1-9,11,22H,10,18H2,(H,20,21). The largest absolute Gasteiger partial charge is 0.392 e. The SMILES string of the molecule is Nc1csc(NN=Cc2ccc(-c3cccc(CO)c3)cc2)n1. The van der Waals surface area contributed by atoms with E-state index in [1.165, 1.54) is 11.3 Å². The zero-order valence-electron chi connectivity index (χ0n) is 12.3. The Morgan fingerprint density at radius 1 is 1.17 bits per heavy atom. The molecule has 6 heteroatoms. The second-order valence-corrected chi connectivity index (χ2v) is 5.79. The lowest BCUT2D eigenvalue weighted by Crippen LogP contribution is -1.91. The van der Waals surface area contributed by atoms with Gasteiger partial charge in [0.1, 0.15) is 5.82 Å². The maximum absolute atomic E-state index is 9.21. The monoisotopic (exact) mass is 324 g/mol. The molecule has 0 unspecified atom stereocenters. The molecule has 1 aromatic heterocycles. The number of nitrogens with one attached hydrogen (secondary N) is 1. The molecule has 0 fully saturated rings. The number of nitrogens with zero attached hydrogens (tertiary/aromatic N) is 2. The van der Waals surface area contributed by atoms with Gasteiger partial charge < -0.3 is 10.8 Å². The normalized spacial score (nSPS) is 11.0. The molecule has 0 aliphatic carbocycles. The van der Waals surface area contributed by atoms with Crippen molar-refractivity contribution < 1.29 is 5.11 Å². The van der Waals surface area contributed by atoms with Crippen LogP contribution in [0.2, 0.25) is 0 Å². The topological polar surface area (TPSA) is 83.5 Å². The maximum atomic E-state index is 9.21. The predicted octanol–water partition coefficient (Wildman–Crippen LogP) is 3.33. The number of aromatic nitrogens is 1. The Hall–Kier alpha value is -2.70. The van der Waals surface area contributed by atoms with Gasteiger partial charge in [0.05, 0.1) is 12.8 Å². The third-order valence-electron chi connectivity index (χ3n) is 3.25. The van der Waals surface area contributed by atoms with Crippen LogP contribution in [0.1, 0.15) is 11.1 Å². The van der Waals surface area contributed by atoms with E-state index in [4.69, 9.17) is 5.73 Å². The third-order valence-corrected chi connectivity index (χ3v) is 4.01. The third kappa shape index (κ3) is 3.94. The molecule has 0 saturated heterocycles. The van der Waals surface area contributed by atoms with E-state index < -0.39 is 0 Å². The van der Waals surface area contributed by atoms with Gasteiger partial charge in [-0.15, -0.1) is 11.3 Å². The van der Waals surface area contributed by atoms with Crippen LogP contribution >= 0.6 is 11.3 Å². The highest BCUT2D eigenvalue weighted by atomic mass is 32.1. The van der Waals surface area contributed by atoms with Crippen molar-refractivity contribution in [2.45, 2.75) is 6.61 Å². The van der Waals surface area contributed by atoms with Crippen molar-refractivity contribution in [2.24, 2.45) is 5.10 Å². The van der Waals surface area contributed by atoms with Crippen LogP contribution in [0, 0.1) is 0 Å². The molecule has 5 nitrogen and oxygen atoms in total. The number of nitrogen functional groups attached to an aromatic ring is 1. The molecule has 0 radical (unpaired) electrons. The number of rotatable bonds is 5. The molecule has 2 aromatic carbocycles. The van der Waals surface area contributed by atoms with E-state index in [0.29, 0.717) is 10.9 Å². The zero-order valence-corrected chi connectivity index (χ0v) is 13.1. The van der Waals surface area contributed by atoms with Crippen molar-refractivity contribution in [2.75, 3.05) is 11.2 Å². The summed E-state index contributed by atoms with van der Waals surface area (Å²) in [5, 5.41) is 15.8. The average Bonchev–Trinajstić information content (AvgIpc) is 3.01. The maximum Gasteiger partial charge on any atom is 0.205 e. The smallest absolute Gasteiger partial charge is 0.205 e. The zero-order chi connectivity index (χ0) is 16.1. The fraction of sp³-hybridized carbons (Fsp3) is 0.0588. The van der Waals surface area contributed by atoms with Crippen LogP contribution in [0.25, 0.3) is 11.1 Å². The van der Waals surface area contributed by atoms with E-state index in [9.17, 15) is 5.11 Å². The number of thiazole rings is 1. The van der Waals surface area contributed by atoms with E-state index in [2.05, 4.69) is 15.5 Å². The lowest BCUT2D eigenvalue weighted by atomic mass is 10.0. The quantitative estimate of drug-likeness (QED) is 0.496. The van der Waals surface area contributed by atoms with Crippen molar-refractivity contribution in [3.63, 3.8) is 0 Å². The summed E-state index contributed by atoms with van der Waals surface area (Å²) in [6.45, 7) is 0.0471. The van der Waals surface area contributed by atoms with Gasteiger partial charge in [-0.3, -0.25) is 5.43 Å². The highest BCUT2D eigenvalue weighted by Gasteiger charge is 1.99. The molecule has 116 valence electrons. The minimum atomic E-state index is 0.0471. The summed E-state index contributed by atoms with van der Waals surface area (Å²) in [4.78, 5) is 4.06. The highest BCUT2D eigenvalue weighted by Crippen LogP contribution is 2.21. The first-order valence-electron chi connectivity index (χ1n) is 7.05. The summed E-state index contributed by atoms with van der Waals surface area (Å²) < 4.78 is 0. The molecular formula is C17H16N4OS. The molecule has 0 bridgehead atoms. The molecule has 0 spiro atoms. The van der Waals surface area contributed by atoms with E-state index >= 15 is 0 Å². The summed E-state index contributed by atoms with van der Waals surface area (Å²) in [5.74, 6) is 0.488. The second kappa shape index (κ2) is 7.04. The molecule has 0 aliphatic heterocycles. The van der Waals surface area contributed by atoms with Crippen LogP contribution in [-0.2, 0) is 6.61 Å². The molecule has 1 heterocycles. The van der Waals surface area contributed by atoms with Gasteiger partial charge >= 0.3 is 0 Å². The Labute approximate surface area is 138 Å². The predicted molar refractivity (Wildman–Crippen MR) is 95.5 cm³/mol. The molecule has 3 aromatic rings. The first kappa shape index (κ1) is 15.2. The molecule has 0 aliphatic rings. The van der Waals surface area contributed by atoms with E-state index in [0.717, 1.165) is 22.3 Å². The van der Waals surface area contributed by atoms with Crippen LogP contribution in [0.15, 0.2) is 59.0 Å². The number of aliphatic hydroxyl groups is 1. The van der Waals surface area contributed by atoms with E-state index in [-0.39, 0.29) is 6.61 Å². The summed E-state index contributed by atoms with van der Waals surface area (Å²) in [6, 6.07) is 15.9. The first-order chi connectivity index (χ1) is 11.2. The lowest BCUT2D eigenvalue weighted by Gasteiger charge is -2.04. The van der Waals surface area contributed by atoms with Gasteiger partial charge in [-0.2, -0.15) is 5.10 Å². The summed E-state index contributed by atoms with van der Waals surface area (Å²) in [7, 11) is 0. The summed E-state index contributed by atoms with van der Waals surface area (Å²) in [6.07, 6.45) is 1.73. The van der Waals surface area contributed by atoms with Gasteiger partial charge in [-0.1, -0.05) is 42.5 Å². The minimum Gasteiger partial charge on any atom is -0.392 e. The van der Waals surface area contributed by atoms with Crippen molar-refractivity contribution in [1.82, 2.24) is 4.98 Å². The van der Waals surface area contributed by atoms with Crippen molar-refractivity contribution in [3.8, 4) is 11.1 Å². The number of anilines is 2. The van der Waals surface area contributed by atoms with Gasteiger partial charge in [0.25, 0.3) is 0 Å². The van der Waals surface area contributed by atoms with Crippen LogP contribution in [0.5, 0.6) is 0 Å². The van der Waals surface area contributed by atoms with Crippen LogP contribution in [0.4, 0.5) is 10.9 Å². The van der Waals surface area contributed by atoms with E-state index in [1.54, 1.807) is 11.6 Å². The molecule has 0 saturated carbocycles. The Kier molecular flexibility index (Phi) is 4.65. The first-order valence-corrected chi connectivity index (χ1v) is 7.93. The summed E-state index contributed by atoms with van der Waals surface area (Å²) in [5.41, 5.74) is 12.4. The number of hydrazone groups is 1. The second-order valence-electron chi connectivity index (χ2n) is 4.93. The molecule has 23 heavy (non-hydrogen) atoms. The molecular weight excluding hydrogens is 308 g/mol. The minimum absolute atomic E-state index is 0.0471. The van der Waals surface area contributed by atoms with Gasteiger partial charge in [-0.25, -0.2) is 4.98 Å². The Morgan fingerprint density at radius 3 is 2.70 bits per heavy atom. The van der Waals surface area contributed by atoms with Gasteiger partial charge in [0.15, 0.2) is 0 Å². The van der Waals surface area contributed by atoms with Gasteiger partial charge in [0.2, 0.25) is 5.13 Å². The number of benzene rings is 2. The van der Waals surface area contributed by atoms with Gasteiger partial charge in [0, 0.05) is 5.38 Å². The number of aliphatic hydroxyl groups excluding tert-OH is 1. The van der Waals surface area contributed by atoms with E-state index in [1.807, 2.05) is 48.5 Å². The molecule has 3 rings (SSSR count). The molecule has 0 atom stereocenters. The molecule has 4 N–H and O–H groups in total. The highest BCUT2D eigenvalue weighted by molar-refractivity contribution is 7.14. The van der Waals surface area contributed by atoms with Crippen LogP contribution < -0.4 is 11.2 Å². The fourth-order valence-corrected chi connectivity index (χ4v) is 2.66. The Morgan fingerprint density at radius 2 is 2.00 bits per heavy atom. The summed E-state index contributed by atoms with van der Waals surface area (Å²) >= 11 is 1.41. The lowest BCUT2D eigenvalue weighted by molar-refractivity contribution is 0.282.